The topological polar surface area (TPSA) is 78.1 Å². The number of aromatic nitrogens is 2. The summed E-state index contributed by atoms with van der Waals surface area (Å²) in [4.78, 5) is 22.9. The van der Waals surface area contributed by atoms with Crippen molar-refractivity contribution >= 4 is 32.2 Å². The number of nitrogens with zero attached hydrogens (tertiary/aromatic N) is 2. The summed E-state index contributed by atoms with van der Waals surface area (Å²) in [5, 5.41) is 3.95. The molecule has 1 unspecified atom stereocenters. The lowest BCUT2D eigenvalue weighted by atomic mass is 10.1. The Balaban J connectivity index is 1.37. The Bertz CT molecular complexity index is 1120. The Kier molecular flexibility index (Phi) is 6.16. The van der Waals surface area contributed by atoms with Gasteiger partial charge in [0.15, 0.2) is 0 Å². The number of rotatable bonds is 6. The van der Waals surface area contributed by atoms with Crippen molar-refractivity contribution in [3.63, 3.8) is 0 Å². The van der Waals surface area contributed by atoms with Crippen LogP contribution in [0.4, 0.5) is 0 Å². The van der Waals surface area contributed by atoms with E-state index in [1.807, 2.05) is 30.3 Å². The van der Waals surface area contributed by atoms with Crippen LogP contribution in [-0.2, 0) is 16.1 Å². The Labute approximate surface area is 184 Å². The number of pyridine rings is 1. The quantitative estimate of drug-likeness (QED) is 0.578. The Hall–Kier alpha value is -2.64. The molecule has 1 fully saturated rings. The van der Waals surface area contributed by atoms with Gasteiger partial charge in [-0.05, 0) is 85.0 Å². The third-order valence-corrected chi connectivity index (χ3v) is 8.80. The predicted octanol–water partition coefficient (Wildman–Crippen LogP) is 3.44. The first-order valence-electron chi connectivity index (χ1n) is 10.7. The number of benzene rings is 1. The van der Waals surface area contributed by atoms with Gasteiger partial charge < -0.3 is 15.2 Å². The van der Waals surface area contributed by atoms with Gasteiger partial charge in [-0.15, -0.1) is 0 Å². The molecule has 2 N–H and O–H groups in total. The van der Waals surface area contributed by atoms with Crippen LogP contribution in [0.25, 0.3) is 10.9 Å². The van der Waals surface area contributed by atoms with E-state index in [4.69, 9.17) is 0 Å². The van der Waals surface area contributed by atoms with Crippen molar-refractivity contribution in [2.24, 2.45) is 0 Å². The number of likely N-dealkylation sites (tertiary alicyclic amines) is 1. The summed E-state index contributed by atoms with van der Waals surface area (Å²) < 4.78 is 13.5. The molecule has 0 aliphatic carbocycles. The van der Waals surface area contributed by atoms with Crippen molar-refractivity contribution < 1.29 is 9.00 Å². The van der Waals surface area contributed by atoms with Gasteiger partial charge in [0, 0.05) is 46.0 Å². The summed E-state index contributed by atoms with van der Waals surface area (Å²) in [6, 6.07) is 11.8. The fourth-order valence-corrected chi connectivity index (χ4v) is 6.13. The second-order valence-corrected chi connectivity index (χ2v) is 11.1. The van der Waals surface area contributed by atoms with Gasteiger partial charge in [-0.3, -0.25) is 14.0 Å². The van der Waals surface area contributed by atoms with Gasteiger partial charge in [-0.2, -0.15) is 0 Å². The number of carbonyl (C=O) groups excluding carboxylic acids is 1. The molecular weight excluding hydrogens is 408 g/mol. The molecule has 0 bridgehead atoms. The highest BCUT2D eigenvalue weighted by molar-refractivity contribution is 8.00. The first kappa shape index (κ1) is 21.6. The van der Waals surface area contributed by atoms with E-state index < -0.39 is 9.52 Å². The van der Waals surface area contributed by atoms with Crippen LogP contribution in [0.2, 0.25) is 0 Å². The normalized spacial score (nSPS) is 17.6. The zero-order chi connectivity index (χ0) is 22.0. The second kappa shape index (κ2) is 8.85. The molecule has 4 rings (SSSR count). The van der Waals surface area contributed by atoms with Crippen molar-refractivity contribution in [2.75, 3.05) is 13.1 Å². The lowest BCUT2D eigenvalue weighted by Crippen LogP contribution is -2.42. The van der Waals surface area contributed by atoms with Crippen molar-refractivity contribution in [2.45, 2.75) is 49.4 Å². The van der Waals surface area contributed by atoms with E-state index >= 15 is 0 Å². The number of H-pyrrole nitrogens is 1. The molecule has 1 atom stereocenters. The highest BCUT2D eigenvalue weighted by atomic mass is 32.2. The van der Waals surface area contributed by atoms with Crippen molar-refractivity contribution in [3.05, 3.63) is 60.0 Å². The molecule has 164 valence electrons. The van der Waals surface area contributed by atoms with E-state index in [2.05, 4.69) is 39.9 Å². The number of aromatic amines is 1. The summed E-state index contributed by atoms with van der Waals surface area (Å²) in [5.41, 5.74) is 2.35. The van der Waals surface area contributed by atoms with E-state index in [9.17, 15) is 9.00 Å². The molecule has 1 aromatic carbocycles. The smallest absolute Gasteiger partial charge is 0.267 e. The van der Waals surface area contributed by atoms with Gasteiger partial charge in [0.05, 0.1) is 0 Å². The molecule has 0 spiro atoms. The summed E-state index contributed by atoms with van der Waals surface area (Å²) in [5.74, 6) is 3.96. The van der Waals surface area contributed by atoms with Crippen LogP contribution < -0.4 is 5.32 Å². The maximum Gasteiger partial charge on any atom is 0.267 e. The zero-order valence-electron chi connectivity index (χ0n) is 18.1. The average molecular weight is 439 g/mol. The minimum absolute atomic E-state index is 0.115. The predicted molar refractivity (Wildman–Crippen MR) is 127 cm³/mol. The number of amides is 1. The fraction of sp³-hybridized carbons (Fsp3) is 0.375. The van der Waals surface area contributed by atoms with Crippen LogP contribution >= 0.6 is 0 Å². The van der Waals surface area contributed by atoms with Gasteiger partial charge in [-0.25, -0.2) is 0 Å². The largest absolute Gasteiger partial charge is 0.350 e. The summed E-state index contributed by atoms with van der Waals surface area (Å²) in [7, 11) is -2.34. The number of nitrogens with one attached hydrogen (secondary N) is 2. The third kappa shape index (κ3) is 4.67. The van der Waals surface area contributed by atoms with Crippen LogP contribution in [0, 0.1) is 0 Å². The standard InChI is InChI=1S/C24H30N4O2S/c1-17(2)28-12-9-21(10-13-28)31(3,30)20-6-4-18(5-7-20)15-26-24(29)23-14-19-16-25-11-8-22(19)27-23/h4-8,11,14,16-17,21,27H,3,9-10,12-13,15H2,1-2H3,(H,26,29). The SMILES string of the molecule is C=S(=O)(c1ccc(CNC(=O)c2cc3cnccc3[nH]2)cc1)C1CCN(C(C)C)CC1. The fourth-order valence-electron chi connectivity index (χ4n) is 4.18. The van der Waals surface area contributed by atoms with Gasteiger partial charge in [0.25, 0.3) is 5.91 Å². The van der Waals surface area contributed by atoms with Crippen LogP contribution in [0.3, 0.4) is 0 Å². The number of fused-ring (bicyclic) bond motifs is 1. The molecule has 3 heterocycles. The van der Waals surface area contributed by atoms with E-state index in [0.717, 1.165) is 47.3 Å². The minimum Gasteiger partial charge on any atom is -0.350 e. The van der Waals surface area contributed by atoms with E-state index in [0.29, 0.717) is 18.3 Å². The molecule has 1 saturated heterocycles. The molecular formula is C24H30N4O2S. The van der Waals surface area contributed by atoms with Crippen LogP contribution in [0.15, 0.2) is 53.7 Å². The number of carbonyl (C=O) groups is 1. The van der Waals surface area contributed by atoms with E-state index in [1.54, 1.807) is 18.5 Å². The first-order chi connectivity index (χ1) is 14.8. The molecule has 1 aliphatic heterocycles. The average Bonchev–Trinajstić information content (AvgIpc) is 3.22. The van der Waals surface area contributed by atoms with Gasteiger partial charge in [0.1, 0.15) is 5.69 Å². The molecule has 6 nitrogen and oxygen atoms in total. The Morgan fingerprint density at radius 3 is 2.61 bits per heavy atom. The van der Waals surface area contributed by atoms with Crippen molar-refractivity contribution in [1.29, 1.82) is 0 Å². The monoisotopic (exact) mass is 438 g/mol. The summed E-state index contributed by atoms with van der Waals surface area (Å²) in [6.07, 6.45) is 5.25. The third-order valence-electron chi connectivity index (χ3n) is 6.19. The van der Waals surface area contributed by atoms with E-state index in [-0.39, 0.29) is 11.2 Å². The number of piperidine rings is 1. The van der Waals surface area contributed by atoms with Crippen molar-refractivity contribution in [1.82, 2.24) is 20.2 Å². The van der Waals surface area contributed by atoms with Crippen LogP contribution in [0.1, 0.15) is 42.7 Å². The molecule has 2 aromatic heterocycles. The second-order valence-electron chi connectivity index (χ2n) is 8.53. The maximum absolute atomic E-state index is 13.5. The number of hydrogen-bond donors (Lipinski definition) is 2. The molecule has 0 radical (unpaired) electrons. The van der Waals surface area contributed by atoms with Crippen LogP contribution in [-0.4, -0.2) is 55.2 Å². The number of hydrogen-bond acceptors (Lipinski definition) is 4. The molecule has 1 aliphatic rings. The zero-order valence-corrected chi connectivity index (χ0v) is 19.0. The lowest BCUT2D eigenvalue weighted by Gasteiger charge is -2.35. The van der Waals surface area contributed by atoms with E-state index in [1.165, 1.54) is 0 Å². The van der Waals surface area contributed by atoms with Gasteiger partial charge in [0.2, 0.25) is 0 Å². The van der Waals surface area contributed by atoms with Crippen LogP contribution in [0.5, 0.6) is 0 Å². The lowest BCUT2D eigenvalue weighted by molar-refractivity contribution is 0.0946. The highest BCUT2D eigenvalue weighted by Gasteiger charge is 2.27. The van der Waals surface area contributed by atoms with Crippen molar-refractivity contribution in [3.8, 4) is 0 Å². The highest BCUT2D eigenvalue weighted by Crippen LogP contribution is 2.25. The summed E-state index contributed by atoms with van der Waals surface area (Å²) in [6.45, 7) is 6.76. The minimum atomic E-state index is -2.34. The molecule has 31 heavy (non-hydrogen) atoms. The van der Waals surface area contributed by atoms with Gasteiger partial charge in [-0.1, -0.05) is 12.1 Å². The first-order valence-corrected chi connectivity index (χ1v) is 12.5. The Morgan fingerprint density at radius 1 is 1.26 bits per heavy atom. The molecule has 7 heteroatoms. The Morgan fingerprint density at radius 2 is 1.97 bits per heavy atom. The maximum atomic E-state index is 13.5. The molecule has 0 saturated carbocycles. The molecule has 1 amide bonds. The summed E-state index contributed by atoms with van der Waals surface area (Å²) >= 11 is 0. The van der Waals surface area contributed by atoms with Gasteiger partial charge >= 0.3 is 0 Å². The molecule has 3 aromatic rings.